The Hall–Kier alpha value is -2.91. The van der Waals surface area contributed by atoms with Crippen molar-refractivity contribution in [3.63, 3.8) is 0 Å². The number of hydrogen-bond donors (Lipinski definition) is 2. The molecule has 1 aliphatic carbocycles. The first kappa shape index (κ1) is 16.5. The molecular formula is C13H15N3O7. The van der Waals surface area contributed by atoms with Gasteiger partial charge in [-0.3, -0.25) is 20.2 Å². The quantitative estimate of drug-likeness (QED) is 0.469. The van der Waals surface area contributed by atoms with Gasteiger partial charge in [0.25, 0.3) is 5.91 Å². The summed E-state index contributed by atoms with van der Waals surface area (Å²) in [6.45, 7) is -0.703. The van der Waals surface area contributed by atoms with Crippen molar-refractivity contribution in [3.8, 4) is 0 Å². The summed E-state index contributed by atoms with van der Waals surface area (Å²) >= 11 is 0. The van der Waals surface area contributed by atoms with Crippen molar-refractivity contribution in [2.45, 2.75) is 31.7 Å². The number of nitrogens with zero attached hydrogens (tertiary/aromatic N) is 1. The molecule has 0 saturated heterocycles. The zero-order valence-corrected chi connectivity index (χ0v) is 12.1. The van der Waals surface area contributed by atoms with Crippen LogP contribution in [0.15, 0.2) is 16.5 Å². The minimum atomic E-state index is -1.04. The Morgan fingerprint density at radius 2 is 2.00 bits per heavy atom. The van der Waals surface area contributed by atoms with Gasteiger partial charge < -0.3 is 14.5 Å². The van der Waals surface area contributed by atoms with Gasteiger partial charge >= 0.3 is 17.9 Å². The highest BCUT2D eigenvalue weighted by molar-refractivity contribution is 5.96. The number of nitro groups is 1. The van der Waals surface area contributed by atoms with Crippen LogP contribution in [0.1, 0.15) is 36.2 Å². The largest absolute Gasteiger partial charge is 0.450 e. The molecule has 1 aromatic heterocycles. The average Bonchev–Trinajstić information content (AvgIpc) is 3.15. The van der Waals surface area contributed by atoms with Crippen molar-refractivity contribution >= 4 is 23.8 Å². The van der Waals surface area contributed by atoms with E-state index < -0.39 is 41.1 Å². The monoisotopic (exact) mass is 325 g/mol. The fourth-order valence-corrected chi connectivity index (χ4v) is 2.19. The lowest BCUT2D eigenvalue weighted by Crippen LogP contribution is -2.44. The number of rotatable bonds is 5. The summed E-state index contributed by atoms with van der Waals surface area (Å²) in [6.07, 6.45) is 3.80. The molecule has 1 fully saturated rings. The molecule has 1 aliphatic rings. The maximum absolute atomic E-state index is 11.5. The number of urea groups is 1. The Balaban J connectivity index is 1.73. The molecule has 1 saturated carbocycles. The summed E-state index contributed by atoms with van der Waals surface area (Å²) < 4.78 is 9.23. The summed E-state index contributed by atoms with van der Waals surface area (Å²) in [4.78, 5) is 44.2. The molecule has 0 spiro atoms. The molecule has 0 bridgehead atoms. The number of furan rings is 1. The predicted octanol–water partition coefficient (Wildman–Crippen LogP) is 1.11. The van der Waals surface area contributed by atoms with Crippen LogP contribution in [-0.4, -0.2) is 35.5 Å². The molecule has 0 aromatic carbocycles. The fourth-order valence-electron chi connectivity index (χ4n) is 2.19. The molecule has 1 aromatic rings. The summed E-state index contributed by atoms with van der Waals surface area (Å²) in [5, 5.41) is 15.1. The van der Waals surface area contributed by atoms with Crippen molar-refractivity contribution in [2.75, 3.05) is 6.61 Å². The predicted molar refractivity (Wildman–Crippen MR) is 74.6 cm³/mol. The zero-order valence-electron chi connectivity index (χ0n) is 12.1. The van der Waals surface area contributed by atoms with Crippen LogP contribution in [0, 0.1) is 10.1 Å². The minimum absolute atomic E-state index is 0.0500. The van der Waals surface area contributed by atoms with E-state index in [0.29, 0.717) is 0 Å². The van der Waals surface area contributed by atoms with E-state index in [0.717, 1.165) is 37.8 Å². The van der Waals surface area contributed by atoms with Crippen LogP contribution in [-0.2, 0) is 9.53 Å². The first-order valence-corrected chi connectivity index (χ1v) is 6.97. The number of imide groups is 1. The van der Waals surface area contributed by atoms with Gasteiger partial charge in [-0.15, -0.1) is 0 Å². The molecule has 2 rings (SSSR count). The van der Waals surface area contributed by atoms with E-state index in [-0.39, 0.29) is 6.04 Å². The lowest BCUT2D eigenvalue weighted by molar-refractivity contribution is -0.402. The van der Waals surface area contributed by atoms with Crippen LogP contribution in [0.5, 0.6) is 0 Å². The topological polar surface area (TPSA) is 141 Å². The molecule has 124 valence electrons. The molecule has 0 atom stereocenters. The van der Waals surface area contributed by atoms with Gasteiger partial charge in [0, 0.05) is 6.04 Å². The highest BCUT2D eigenvalue weighted by atomic mass is 16.7. The van der Waals surface area contributed by atoms with Gasteiger partial charge in [0.15, 0.2) is 6.61 Å². The van der Waals surface area contributed by atoms with E-state index >= 15 is 0 Å². The van der Waals surface area contributed by atoms with E-state index in [1.54, 1.807) is 0 Å². The maximum atomic E-state index is 11.5. The zero-order chi connectivity index (χ0) is 16.8. The van der Waals surface area contributed by atoms with Gasteiger partial charge in [-0.25, -0.2) is 9.59 Å². The third-order valence-corrected chi connectivity index (χ3v) is 3.25. The van der Waals surface area contributed by atoms with Crippen molar-refractivity contribution in [3.05, 3.63) is 28.0 Å². The number of carbonyl (C=O) groups excluding carboxylic acids is 3. The maximum Gasteiger partial charge on any atom is 0.433 e. The fraction of sp³-hybridized carbons (Fsp3) is 0.462. The average molecular weight is 325 g/mol. The third kappa shape index (κ3) is 4.80. The van der Waals surface area contributed by atoms with Gasteiger partial charge in [-0.2, -0.15) is 0 Å². The van der Waals surface area contributed by atoms with Crippen molar-refractivity contribution < 1.29 is 28.5 Å². The van der Waals surface area contributed by atoms with Crippen molar-refractivity contribution in [1.29, 1.82) is 0 Å². The molecule has 0 unspecified atom stereocenters. The van der Waals surface area contributed by atoms with Crippen LogP contribution in [0.2, 0.25) is 0 Å². The summed E-state index contributed by atoms with van der Waals surface area (Å²) in [7, 11) is 0. The Labute approximate surface area is 130 Å². The van der Waals surface area contributed by atoms with Crippen LogP contribution in [0.25, 0.3) is 0 Å². The Bertz CT molecular complexity index is 619. The molecule has 10 nitrogen and oxygen atoms in total. The molecule has 10 heteroatoms. The van der Waals surface area contributed by atoms with Crippen molar-refractivity contribution in [2.24, 2.45) is 0 Å². The summed E-state index contributed by atoms with van der Waals surface area (Å²) in [6, 6.07) is 1.46. The van der Waals surface area contributed by atoms with Gasteiger partial charge in [0.05, 0.1) is 6.07 Å². The normalized spacial score (nSPS) is 14.3. The Morgan fingerprint density at radius 1 is 1.30 bits per heavy atom. The molecule has 0 aliphatic heterocycles. The Morgan fingerprint density at radius 3 is 2.61 bits per heavy atom. The van der Waals surface area contributed by atoms with Crippen molar-refractivity contribution in [1.82, 2.24) is 10.6 Å². The highest BCUT2D eigenvalue weighted by Crippen LogP contribution is 2.17. The van der Waals surface area contributed by atoms with Gasteiger partial charge in [-0.1, -0.05) is 12.8 Å². The number of ether oxygens (including phenoxy) is 1. The number of carbonyl (C=O) groups is 3. The van der Waals surface area contributed by atoms with E-state index in [1.165, 1.54) is 0 Å². The lowest BCUT2D eigenvalue weighted by atomic mass is 10.2. The molecule has 3 amide bonds. The summed E-state index contributed by atoms with van der Waals surface area (Å²) in [5.41, 5.74) is 0. The van der Waals surface area contributed by atoms with Crippen LogP contribution >= 0.6 is 0 Å². The SMILES string of the molecule is O=C(COC(=O)c1ccc([N+](=O)[O-])o1)NC(=O)NC1CCCC1. The molecule has 0 radical (unpaired) electrons. The highest BCUT2D eigenvalue weighted by Gasteiger charge is 2.21. The first-order chi connectivity index (χ1) is 11.0. The number of nitrogens with one attached hydrogen (secondary N) is 2. The molecule has 2 N–H and O–H groups in total. The van der Waals surface area contributed by atoms with E-state index in [2.05, 4.69) is 14.5 Å². The van der Waals surface area contributed by atoms with Gasteiger partial charge in [-0.05, 0) is 18.9 Å². The lowest BCUT2D eigenvalue weighted by Gasteiger charge is -2.12. The molecule has 23 heavy (non-hydrogen) atoms. The van der Waals surface area contributed by atoms with Crippen LogP contribution in [0.4, 0.5) is 10.7 Å². The Kier molecular flexibility index (Phi) is 5.28. The first-order valence-electron chi connectivity index (χ1n) is 6.97. The van der Waals surface area contributed by atoms with Gasteiger partial charge in [0.1, 0.15) is 4.92 Å². The van der Waals surface area contributed by atoms with E-state index in [4.69, 9.17) is 0 Å². The van der Waals surface area contributed by atoms with Crippen LogP contribution in [0.3, 0.4) is 0 Å². The van der Waals surface area contributed by atoms with E-state index in [9.17, 15) is 24.5 Å². The standard InChI is InChI=1S/C13H15N3O7/c17-10(15-13(19)14-8-3-1-2-4-8)7-22-12(18)9-5-6-11(23-9)16(20)21/h5-6,8H,1-4,7H2,(H2,14,15,17,19). The van der Waals surface area contributed by atoms with Gasteiger partial charge in [0.2, 0.25) is 5.76 Å². The number of amides is 3. The number of esters is 1. The second-order valence-corrected chi connectivity index (χ2v) is 4.97. The second-order valence-electron chi connectivity index (χ2n) is 4.97. The minimum Gasteiger partial charge on any atom is -0.450 e. The molecular weight excluding hydrogens is 310 g/mol. The summed E-state index contributed by atoms with van der Waals surface area (Å²) in [5.74, 6) is -2.86. The van der Waals surface area contributed by atoms with E-state index in [1.807, 2.05) is 5.32 Å². The number of hydrogen-bond acceptors (Lipinski definition) is 7. The second kappa shape index (κ2) is 7.38. The third-order valence-electron chi connectivity index (χ3n) is 3.25. The van der Waals surface area contributed by atoms with Crippen LogP contribution < -0.4 is 10.6 Å². The molecule has 1 heterocycles. The smallest absolute Gasteiger partial charge is 0.433 e.